The Balaban J connectivity index is 2.47. The highest BCUT2D eigenvalue weighted by molar-refractivity contribution is 5.91. The molecule has 0 fully saturated rings. The standard InChI is InChI=1S/C15H23FN2O3/c1-4-8-20-11-15(19)17-12-5-6-14(13(16)10-12)21-9-7-18(2)3/h5-6,10H,4,7-9,11H2,1-3H3,(H,17,19). The number of nitrogens with zero attached hydrogens (tertiary/aromatic N) is 1. The fraction of sp³-hybridized carbons (Fsp3) is 0.533. The molecule has 0 heterocycles. The van der Waals surface area contributed by atoms with E-state index in [4.69, 9.17) is 9.47 Å². The molecule has 1 aromatic rings. The number of carbonyl (C=O) groups excluding carboxylic acids is 1. The number of hydrogen-bond acceptors (Lipinski definition) is 4. The van der Waals surface area contributed by atoms with Gasteiger partial charge in [-0.2, -0.15) is 0 Å². The van der Waals surface area contributed by atoms with Crippen molar-refractivity contribution in [2.75, 3.05) is 45.8 Å². The minimum Gasteiger partial charge on any atom is -0.489 e. The fourth-order valence-electron chi connectivity index (χ4n) is 1.54. The van der Waals surface area contributed by atoms with Crippen molar-refractivity contribution in [2.24, 2.45) is 0 Å². The number of amides is 1. The van der Waals surface area contributed by atoms with E-state index in [1.165, 1.54) is 12.1 Å². The first-order chi connectivity index (χ1) is 10.0. The van der Waals surface area contributed by atoms with Crippen LogP contribution < -0.4 is 10.1 Å². The highest BCUT2D eigenvalue weighted by Crippen LogP contribution is 2.21. The Labute approximate surface area is 125 Å². The van der Waals surface area contributed by atoms with E-state index < -0.39 is 5.82 Å². The third-order valence-electron chi connectivity index (χ3n) is 2.59. The van der Waals surface area contributed by atoms with Gasteiger partial charge in [-0.05, 0) is 32.6 Å². The first-order valence-corrected chi connectivity index (χ1v) is 6.97. The molecule has 5 nitrogen and oxygen atoms in total. The van der Waals surface area contributed by atoms with Gasteiger partial charge in [0, 0.05) is 24.9 Å². The van der Waals surface area contributed by atoms with Crippen LogP contribution in [0.5, 0.6) is 5.75 Å². The predicted octanol–water partition coefficient (Wildman–Crippen LogP) is 2.13. The summed E-state index contributed by atoms with van der Waals surface area (Å²) in [5.41, 5.74) is 0.387. The summed E-state index contributed by atoms with van der Waals surface area (Å²) in [4.78, 5) is 13.5. The molecule has 0 unspecified atom stereocenters. The van der Waals surface area contributed by atoms with E-state index in [0.717, 1.165) is 6.42 Å². The van der Waals surface area contributed by atoms with Crippen molar-refractivity contribution in [1.29, 1.82) is 0 Å². The molecule has 0 aliphatic carbocycles. The van der Waals surface area contributed by atoms with Gasteiger partial charge in [0.2, 0.25) is 5.91 Å². The minimum absolute atomic E-state index is 0.0312. The van der Waals surface area contributed by atoms with Crippen LogP contribution in [0.2, 0.25) is 0 Å². The molecule has 0 atom stereocenters. The summed E-state index contributed by atoms with van der Waals surface area (Å²) in [6, 6.07) is 4.35. The maximum Gasteiger partial charge on any atom is 0.250 e. The average molecular weight is 298 g/mol. The fourth-order valence-corrected chi connectivity index (χ4v) is 1.54. The average Bonchev–Trinajstić information content (AvgIpc) is 2.41. The Bertz CT molecular complexity index is 453. The Hall–Kier alpha value is -1.66. The van der Waals surface area contributed by atoms with Gasteiger partial charge in [0.05, 0.1) is 0 Å². The van der Waals surface area contributed by atoms with Crippen LogP contribution in [0.1, 0.15) is 13.3 Å². The highest BCUT2D eigenvalue weighted by Gasteiger charge is 2.07. The summed E-state index contributed by atoms with van der Waals surface area (Å²) in [6.45, 7) is 3.56. The third kappa shape index (κ3) is 7.06. The third-order valence-corrected chi connectivity index (χ3v) is 2.59. The molecule has 0 spiro atoms. The Kier molecular flexibility index (Phi) is 7.71. The smallest absolute Gasteiger partial charge is 0.250 e. The van der Waals surface area contributed by atoms with Crippen molar-refractivity contribution >= 4 is 11.6 Å². The molecule has 6 heteroatoms. The van der Waals surface area contributed by atoms with Crippen LogP contribution in [0.4, 0.5) is 10.1 Å². The van der Waals surface area contributed by atoms with Crippen LogP contribution in [0, 0.1) is 5.82 Å². The van der Waals surface area contributed by atoms with Crippen LogP contribution in [0.15, 0.2) is 18.2 Å². The minimum atomic E-state index is -0.499. The number of carbonyl (C=O) groups is 1. The number of halogens is 1. The zero-order valence-corrected chi connectivity index (χ0v) is 12.8. The summed E-state index contributed by atoms with van der Waals surface area (Å²) >= 11 is 0. The number of anilines is 1. The van der Waals surface area contributed by atoms with Gasteiger partial charge in [0.1, 0.15) is 13.2 Å². The van der Waals surface area contributed by atoms with E-state index >= 15 is 0 Å². The van der Waals surface area contributed by atoms with Crippen molar-refractivity contribution in [1.82, 2.24) is 4.90 Å². The lowest BCUT2D eigenvalue weighted by Gasteiger charge is -2.12. The van der Waals surface area contributed by atoms with Gasteiger partial charge in [-0.1, -0.05) is 6.92 Å². The maximum absolute atomic E-state index is 13.8. The van der Waals surface area contributed by atoms with Crippen LogP contribution >= 0.6 is 0 Å². The largest absolute Gasteiger partial charge is 0.489 e. The van der Waals surface area contributed by atoms with Crippen molar-refractivity contribution in [3.8, 4) is 5.75 Å². The molecule has 0 saturated heterocycles. The molecular formula is C15H23FN2O3. The quantitative estimate of drug-likeness (QED) is 0.710. The molecule has 0 radical (unpaired) electrons. The molecule has 1 amide bonds. The summed E-state index contributed by atoms with van der Waals surface area (Å²) in [5.74, 6) is -0.623. The summed E-state index contributed by atoms with van der Waals surface area (Å²) in [7, 11) is 3.83. The molecule has 0 saturated carbocycles. The second kappa shape index (κ2) is 9.31. The van der Waals surface area contributed by atoms with Crippen LogP contribution in [-0.4, -0.2) is 51.3 Å². The lowest BCUT2D eigenvalue weighted by molar-refractivity contribution is -0.120. The topological polar surface area (TPSA) is 50.8 Å². The molecule has 1 aromatic carbocycles. The summed E-state index contributed by atoms with van der Waals surface area (Å²) in [5, 5.41) is 2.58. The van der Waals surface area contributed by atoms with E-state index in [9.17, 15) is 9.18 Å². The lowest BCUT2D eigenvalue weighted by atomic mass is 10.3. The van der Waals surface area contributed by atoms with Crippen molar-refractivity contribution in [2.45, 2.75) is 13.3 Å². The van der Waals surface area contributed by atoms with Crippen molar-refractivity contribution in [3.05, 3.63) is 24.0 Å². The van der Waals surface area contributed by atoms with Gasteiger partial charge in [0.25, 0.3) is 0 Å². The van der Waals surface area contributed by atoms with E-state index in [1.807, 2.05) is 25.9 Å². The van der Waals surface area contributed by atoms with Crippen LogP contribution in [0.25, 0.3) is 0 Å². The number of rotatable bonds is 9. The first kappa shape index (κ1) is 17.4. The Morgan fingerprint density at radius 1 is 1.33 bits per heavy atom. The first-order valence-electron chi connectivity index (χ1n) is 6.97. The summed E-state index contributed by atoms with van der Waals surface area (Å²) in [6.07, 6.45) is 0.848. The monoisotopic (exact) mass is 298 g/mol. The molecule has 1 rings (SSSR count). The molecule has 0 aliphatic rings. The number of hydrogen-bond donors (Lipinski definition) is 1. The normalized spacial score (nSPS) is 10.7. The number of ether oxygens (including phenoxy) is 2. The van der Waals surface area contributed by atoms with E-state index in [2.05, 4.69) is 5.32 Å². The van der Waals surface area contributed by atoms with Crippen molar-refractivity contribution < 1.29 is 18.7 Å². The second-order valence-corrected chi connectivity index (χ2v) is 4.90. The lowest BCUT2D eigenvalue weighted by Crippen LogP contribution is -2.20. The number of likely N-dealkylation sites (N-methyl/N-ethyl adjacent to an activating group) is 1. The SMILES string of the molecule is CCCOCC(=O)Nc1ccc(OCCN(C)C)c(F)c1. The van der Waals surface area contributed by atoms with Crippen LogP contribution in [0.3, 0.4) is 0 Å². The zero-order chi connectivity index (χ0) is 15.7. The molecular weight excluding hydrogens is 275 g/mol. The van der Waals surface area contributed by atoms with E-state index in [0.29, 0.717) is 25.4 Å². The molecule has 118 valence electrons. The predicted molar refractivity (Wildman–Crippen MR) is 80.2 cm³/mol. The Morgan fingerprint density at radius 3 is 2.71 bits per heavy atom. The maximum atomic E-state index is 13.8. The number of benzene rings is 1. The molecule has 0 bridgehead atoms. The van der Waals surface area contributed by atoms with E-state index in [1.54, 1.807) is 6.07 Å². The highest BCUT2D eigenvalue weighted by atomic mass is 19.1. The Morgan fingerprint density at radius 2 is 2.10 bits per heavy atom. The van der Waals surface area contributed by atoms with Gasteiger partial charge in [0.15, 0.2) is 11.6 Å². The van der Waals surface area contributed by atoms with Gasteiger partial charge in [-0.3, -0.25) is 4.79 Å². The summed E-state index contributed by atoms with van der Waals surface area (Å²) < 4.78 is 24.3. The molecule has 1 N–H and O–H groups in total. The molecule has 0 aromatic heterocycles. The second-order valence-electron chi connectivity index (χ2n) is 4.90. The van der Waals surface area contributed by atoms with Crippen molar-refractivity contribution in [3.63, 3.8) is 0 Å². The zero-order valence-electron chi connectivity index (χ0n) is 12.8. The van der Waals surface area contributed by atoms with Gasteiger partial charge in [-0.25, -0.2) is 4.39 Å². The van der Waals surface area contributed by atoms with Gasteiger partial charge in [-0.15, -0.1) is 0 Å². The number of nitrogens with one attached hydrogen (secondary N) is 1. The van der Waals surface area contributed by atoms with Gasteiger partial charge >= 0.3 is 0 Å². The van der Waals surface area contributed by atoms with E-state index in [-0.39, 0.29) is 18.3 Å². The molecule has 21 heavy (non-hydrogen) atoms. The molecule has 0 aliphatic heterocycles. The van der Waals surface area contributed by atoms with Gasteiger partial charge < -0.3 is 19.7 Å². The van der Waals surface area contributed by atoms with Crippen LogP contribution in [-0.2, 0) is 9.53 Å².